The lowest BCUT2D eigenvalue weighted by molar-refractivity contribution is -0.144. The summed E-state index contributed by atoms with van der Waals surface area (Å²) in [5, 5.41) is 0. The van der Waals surface area contributed by atoms with Crippen LogP contribution >= 0.6 is 0 Å². The predicted octanol–water partition coefficient (Wildman–Crippen LogP) is 2.43. The van der Waals surface area contributed by atoms with Gasteiger partial charge in [0.05, 0.1) is 18.6 Å². The molecule has 0 spiro atoms. The molecule has 0 aromatic heterocycles. The normalized spacial score (nSPS) is 30.5. The van der Waals surface area contributed by atoms with Crippen LogP contribution in [0.25, 0.3) is 0 Å². The van der Waals surface area contributed by atoms with E-state index in [1.54, 1.807) is 0 Å². The summed E-state index contributed by atoms with van der Waals surface area (Å²) in [4.78, 5) is 11.5. The first-order valence-electron chi connectivity index (χ1n) is 5.51. The molecular weight excluding hydrogens is 208 g/mol. The minimum Gasteiger partial charge on any atom is -0.469 e. The molecule has 88 valence electrons. The van der Waals surface area contributed by atoms with E-state index in [-0.39, 0.29) is 17.5 Å². The maximum atomic E-state index is 11.5. The van der Waals surface area contributed by atoms with Crippen LogP contribution in [0.3, 0.4) is 0 Å². The van der Waals surface area contributed by atoms with Gasteiger partial charge in [0.2, 0.25) is 0 Å². The van der Waals surface area contributed by atoms with Crippen LogP contribution in [-0.2, 0) is 14.0 Å². The molecule has 1 aliphatic rings. The van der Waals surface area contributed by atoms with Gasteiger partial charge in [0.15, 0.2) is 8.32 Å². The Morgan fingerprint density at radius 3 is 2.27 bits per heavy atom. The average molecular weight is 230 g/mol. The molecule has 0 aromatic rings. The Kier molecular flexibility index (Phi) is 3.31. The fourth-order valence-electron chi connectivity index (χ4n) is 2.12. The Morgan fingerprint density at radius 1 is 1.40 bits per heavy atom. The number of ether oxygens (including phenoxy) is 1. The minimum absolute atomic E-state index is 0.0470. The number of rotatable bonds is 4. The van der Waals surface area contributed by atoms with Crippen LogP contribution in [0.4, 0.5) is 0 Å². The van der Waals surface area contributed by atoms with Crippen molar-refractivity contribution < 1.29 is 14.0 Å². The van der Waals surface area contributed by atoms with Crippen molar-refractivity contribution in [1.82, 2.24) is 0 Å². The summed E-state index contributed by atoms with van der Waals surface area (Å²) in [5.41, 5.74) is -0.239. The average Bonchev–Trinajstić information content (AvgIpc) is 2.76. The predicted molar refractivity (Wildman–Crippen MR) is 62.1 cm³/mol. The minimum atomic E-state index is -1.60. The fourth-order valence-corrected chi connectivity index (χ4v) is 3.73. The van der Waals surface area contributed by atoms with Crippen LogP contribution in [0.5, 0.6) is 0 Å². The molecule has 2 atom stereocenters. The van der Waals surface area contributed by atoms with Gasteiger partial charge in [-0.2, -0.15) is 0 Å². The van der Waals surface area contributed by atoms with E-state index in [0.717, 1.165) is 6.42 Å². The Hall–Kier alpha value is -0.353. The maximum absolute atomic E-state index is 11.5. The summed E-state index contributed by atoms with van der Waals surface area (Å²) in [5.74, 6) is 0.199. The maximum Gasteiger partial charge on any atom is 0.311 e. The highest BCUT2D eigenvalue weighted by atomic mass is 28.4. The molecule has 0 saturated heterocycles. The number of esters is 1. The summed E-state index contributed by atoms with van der Waals surface area (Å²) >= 11 is 0. The highest BCUT2D eigenvalue weighted by Crippen LogP contribution is 2.54. The van der Waals surface area contributed by atoms with Gasteiger partial charge in [-0.1, -0.05) is 13.8 Å². The van der Waals surface area contributed by atoms with Gasteiger partial charge in [-0.25, -0.2) is 0 Å². The quantitative estimate of drug-likeness (QED) is 0.549. The molecule has 15 heavy (non-hydrogen) atoms. The Bertz CT molecular complexity index is 257. The number of hydrogen-bond donors (Lipinski definition) is 0. The zero-order valence-electron chi connectivity index (χ0n) is 10.6. The van der Waals surface area contributed by atoms with E-state index in [9.17, 15) is 4.79 Å². The van der Waals surface area contributed by atoms with Crippen LogP contribution in [0, 0.1) is 11.8 Å². The van der Waals surface area contributed by atoms with Gasteiger partial charge >= 0.3 is 5.97 Å². The Labute approximate surface area is 93.3 Å². The molecule has 4 heteroatoms. The molecule has 1 aliphatic carbocycles. The van der Waals surface area contributed by atoms with E-state index in [1.807, 2.05) is 0 Å². The molecule has 0 aromatic carbocycles. The molecule has 0 aliphatic heterocycles. The SMILES string of the molecule is COC(=O)C1CC1(O[Si](C)(C)C)C(C)C. The zero-order chi connectivity index (χ0) is 11.9. The number of methoxy groups -OCH3 is 1. The molecule has 0 bridgehead atoms. The van der Waals surface area contributed by atoms with Crippen LogP contribution < -0.4 is 0 Å². The lowest BCUT2D eigenvalue weighted by Crippen LogP contribution is -2.39. The molecular formula is C11H22O3Si. The second-order valence-corrected chi connectivity index (χ2v) is 10.0. The van der Waals surface area contributed by atoms with Crippen LogP contribution in [0.2, 0.25) is 19.6 Å². The van der Waals surface area contributed by atoms with E-state index >= 15 is 0 Å². The van der Waals surface area contributed by atoms with Crippen LogP contribution in [0.15, 0.2) is 0 Å². The van der Waals surface area contributed by atoms with Gasteiger partial charge in [-0.3, -0.25) is 4.79 Å². The van der Waals surface area contributed by atoms with Crippen molar-refractivity contribution in [1.29, 1.82) is 0 Å². The lowest BCUT2D eigenvalue weighted by Gasteiger charge is -2.30. The monoisotopic (exact) mass is 230 g/mol. The second kappa shape index (κ2) is 3.90. The summed E-state index contributed by atoms with van der Waals surface area (Å²) in [6, 6.07) is 0. The smallest absolute Gasteiger partial charge is 0.311 e. The van der Waals surface area contributed by atoms with Crippen molar-refractivity contribution >= 4 is 14.3 Å². The molecule has 3 nitrogen and oxygen atoms in total. The van der Waals surface area contributed by atoms with Gasteiger partial charge in [-0.05, 0) is 32.0 Å². The van der Waals surface area contributed by atoms with Crippen molar-refractivity contribution in [3.05, 3.63) is 0 Å². The van der Waals surface area contributed by atoms with E-state index < -0.39 is 8.32 Å². The first-order chi connectivity index (χ1) is 6.73. The molecule has 0 heterocycles. The molecule has 1 saturated carbocycles. The first-order valence-corrected chi connectivity index (χ1v) is 8.92. The van der Waals surface area contributed by atoms with Crippen molar-refractivity contribution in [2.75, 3.05) is 7.11 Å². The highest BCUT2D eigenvalue weighted by molar-refractivity contribution is 6.69. The number of hydrogen-bond acceptors (Lipinski definition) is 3. The third-order valence-corrected chi connectivity index (χ3v) is 3.90. The zero-order valence-corrected chi connectivity index (χ0v) is 11.6. The third kappa shape index (κ3) is 2.61. The highest BCUT2D eigenvalue weighted by Gasteiger charge is 2.63. The molecule has 2 unspecified atom stereocenters. The molecule has 1 rings (SSSR count). The van der Waals surface area contributed by atoms with E-state index in [2.05, 4.69) is 33.5 Å². The van der Waals surface area contributed by atoms with E-state index in [1.165, 1.54) is 7.11 Å². The number of carbonyl (C=O) groups excluding carboxylic acids is 1. The summed E-state index contributed by atoms with van der Waals surface area (Å²) in [7, 11) is -0.156. The van der Waals surface area contributed by atoms with Gasteiger partial charge in [0, 0.05) is 0 Å². The fraction of sp³-hybridized carbons (Fsp3) is 0.909. The van der Waals surface area contributed by atoms with Crippen molar-refractivity contribution in [2.24, 2.45) is 11.8 Å². The third-order valence-electron chi connectivity index (χ3n) is 2.91. The first kappa shape index (κ1) is 12.7. The molecule has 0 radical (unpaired) electrons. The summed E-state index contributed by atoms with van der Waals surface area (Å²) in [6.45, 7) is 10.7. The van der Waals surface area contributed by atoms with Crippen molar-refractivity contribution in [3.63, 3.8) is 0 Å². The second-order valence-electron chi connectivity index (χ2n) is 5.60. The summed E-state index contributed by atoms with van der Waals surface area (Å²) < 4.78 is 11.0. The molecule has 1 fully saturated rings. The van der Waals surface area contributed by atoms with E-state index in [4.69, 9.17) is 9.16 Å². The lowest BCUT2D eigenvalue weighted by atomic mass is 10.0. The van der Waals surface area contributed by atoms with Crippen molar-refractivity contribution in [3.8, 4) is 0 Å². The van der Waals surface area contributed by atoms with Gasteiger partial charge in [0.25, 0.3) is 0 Å². The molecule has 0 N–H and O–H groups in total. The van der Waals surface area contributed by atoms with Gasteiger partial charge in [0.1, 0.15) is 0 Å². The molecule has 0 amide bonds. The van der Waals surface area contributed by atoms with Crippen molar-refractivity contribution in [2.45, 2.75) is 45.5 Å². The van der Waals surface area contributed by atoms with E-state index in [0.29, 0.717) is 5.92 Å². The van der Waals surface area contributed by atoms with Gasteiger partial charge in [-0.15, -0.1) is 0 Å². The Balaban J connectivity index is 2.74. The standard InChI is InChI=1S/C11H22O3Si/c1-8(2)11(14-15(4,5)6)7-9(11)10(12)13-3/h8-9H,7H2,1-6H3. The summed E-state index contributed by atoms with van der Waals surface area (Å²) in [6.07, 6.45) is 0.821. The largest absolute Gasteiger partial charge is 0.469 e. The van der Waals surface area contributed by atoms with Gasteiger partial charge < -0.3 is 9.16 Å². The number of carbonyl (C=O) groups is 1. The van der Waals surface area contributed by atoms with Crippen LogP contribution in [0.1, 0.15) is 20.3 Å². The Morgan fingerprint density at radius 2 is 1.93 bits per heavy atom. The topological polar surface area (TPSA) is 35.5 Å². The van der Waals surface area contributed by atoms with Crippen LogP contribution in [-0.4, -0.2) is 27.0 Å².